The Morgan fingerprint density at radius 3 is 0.656 bits per heavy atom. The maximum absolute atomic E-state index is 10.8. The lowest BCUT2D eigenvalue weighted by molar-refractivity contribution is -0.113. The lowest BCUT2D eigenvalue weighted by atomic mass is 9.84. The van der Waals surface area contributed by atoms with Crippen LogP contribution >= 0.6 is 0 Å². The van der Waals surface area contributed by atoms with Crippen molar-refractivity contribution in [2.75, 3.05) is 52.9 Å². The standard InChI is InChI=1S/2C13H26O12S.2C11H22O10S/c2*14-3-8(18)10-5(1-6(16)11(10)20)2-7(17)13(25-26(22,23)24)12(21)9(19)4-15;2*12-3-8(16)10-5(2-7(15)11(10)17)1-6(14)9(4-13)21-22(18,19)20/h2*5-21H,1-4H2,(H,22,23,24);2*5-17H,1-4H2,(H,18,19,20)/p-4/t5-,6-,7+,8+,9-,10+,11-,12-,13-;5-,6-,7-,8+,9+,10+,11-,12+,13+;5-,6+,7+,8-,9-,10-,11+;5-,6-,7+,8-,9+,10-,11+/m1001/s1. The van der Waals surface area contributed by atoms with Crippen LogP contribution in [0.4, 0.5) is 0 Å². The zero-order chi connectivity index (χ0) is 74.6. The Bertz CT molecular complexity index is 2460. The van der Waals surface area contributed by atoms with Gasteiger partial charge in [0.2, 0.25) is 41.6 Å². The van der Waals surface area contributed by atoms with Gasteiger partial charge in [0.25, 0.3) is 0 Å². The topological polar surface area (TPSA) is 832 Å². The van der Waals surface area contributed by atoms with Crippen LogP contribution in [0.3, 0.4) is 0 Å². The molecule has 48 heteroatoms. The summed E-state index contributed by atoms with van der Waals surface area (Å²) in [5, 5.41) is 267. The SMILES string of the molecule is O=S(=O)([O-])O[C@@H](CO)[C@H](O)C[C@@H]1C[C@H](O)[C@H](O)[C@H]1[C@H](O)CO.O=S(=O)([O-])O[C@@H](CO)[C@H](O)C[C@H]1C[C@@H](O)[C@@H](O)[C@@H]1[C@@H](O)CO.O=S(=O)([O-])O[C@@H]([C@H](O)[C@H](O)CO)[C@@H](O)C[C@@H]1C[C@H](O)[C@H](O)[C@H]1[C@H](O)CO.O=S(=O)([O-])O[C@@H]([C@H](O)[C@H](O)CO)[C@@H](O)C[C@H]1C[C@@H](O)[C@@H](O)[C@@H]1[C@@H](O)CO. The molecule has 0 amide bonds. The summed E-state index contributed by atoms with van der Waals surface area (Å²) in [7, 11) is -21.0. The third-order valence-corrected chi connectivity index (χ3v) is 18.8. The van der Waals surface area contributed by atoms with Crippen LogP contribution in [-0.4, -0.2) is 394 Å². The number of hydrogen-bond acceptors (Lipinski definition) is 44. The van der Waals surface area contributed by atoms with E-state index in [2.05, 4.69) is 16.7 Å². The maximum Gasteiger partial charge on any atom is 0.218 e. The van der Waals surface area contributed by atoms with E-state index in [1.54, 1.807) is 0 Å². The third-order valence-electron chi connectivity index (χ3n) is 17.0. The molecule has 0 heterocycles. The lowest BCUT2D eigenvalue weighted by Gasteiger charge is -2.33. The predicted molar refractivity (Wildman–Crippen MR) is 300 cm³/mol. The molecular weight excluding hydrogens is 1410 g/mol. The van der Waals surface area contributed by atoms with Crippen molar-refractivity contribution in [3.63, 3.8) is 0 Å². The maximum atomic E-state index is 10.8. The van der Waals surface area contributed by atoms with E-state index in [4.69, 9.17) is 40.9 Å². The molecule has 0 aromatic rings. The molecule has 576 valence electrons. The largest absolute Gasteiger partial charge is 0.726 e. The minimum absolute atomic E-state index is 0.0117. The fourth-order valence-corrected chi connectivity index (χ4v) is 14.4. The Hall–Kier alpha value is -1.64. The van der Waals surface area contributed by atoms with Crippen molar-refractivity contribution in [1.82, 2.24) is 0 Å². The Balaban J connectivity index is 0.000000642. The number of aliphatic hydroxyl groups excluding tert-OH is 28. The van der Waals surface area contributed by atoms with Gasteiger partial charge < -0.3 is 161 Å². The average molecular weight is 1500 g/mol. The zero-order valence-electron chi connectivity index (χ0n) is 50.5. The van der Waals surface area contributed by atoms with Gasteiger partial charge in [-0.25, -0.2) is 33.7 Å². The van der Waals surface area contributed by atoms with Gasteiger partial charge in [0.1, 0.15) is 48.8 Å². The molecule has 44 nitrogen and oxygen atoms in total. The van der Waals surface area contributed by atoms with Gasteiger partial charge in [0.05, 0.1) is 151 Å². The van der Waals surface area contributed by atoms with Gasteiger partial charge >= 0.3 is 0 Å². The highest BCUT2D eigenvalue weighted by atomic mass is 32.3. The van der Waals surface area contributed by atoms with Gasteiger partial charge in [0, 0.05) is 23.7 Å². The van der Waals surface area contributed by atoms with Crippen molar-refractivity contribution in [1.29, 1.82) is 0 Å². The van der Waals surface area contributed by atoms with E-state index in [0.29, 0.717) is 0 Å². The van der Waals surface area contributed by atoms with Gasteiger partial charge in [-0.2, -0.15) is 0 Å². The molecule has 32 atom stereocenters. The number of aliphatic hydroxyl groups is 28. The van der Waals surface area contributed by atoms with Crippen LogP contribution in [0.5, 0.6) is 0 Å². The summed E-state index contributed by atoms with van der Waals surface area (Å²) in [6.07, 6.45) is -40.4. The summed E-state index contributed by atoms with van der Waals surface area (Å²) in [4.78, 5) is 0. The molecule has 0 aromatic heterocycles. The van der Waals surface area contributed by atoms with Crippen molar-refractivity contribution in [2.45, 2.75) is 198 Å². The molecule has 0 saturated heterocycles. The molecule has 0 bridgehead atoms. The van der Waals surface area contributed by atoms with E-state index in [1.165, 1.54) is 0 Å². The number of hydrogen-bond donors (Lipinski definition) is 28. The molecule has 4 saturated carbocycles. The number of rotatable bonds is 36. The van der Waals surface area contributed by atoms with Gasteiger partial charge in [-0.1, -0.05) is 0 Å². The van der Waals surface area contributed by atoms with Crippen molar-refractivity contribution in [2.24, 2.45) is 47.3 Å². The van der Waals surface area contributed by atoms with Gasteiger partial charge in [-0.15, -0.1) is 0 Å². The Morgan fingerprint density at radius 2 is 0.490 bits per heavy atom. The second-order valence-corrected chi connectivity index (χ2v) is 27.6. The van der Waals surface area contributed by atoms with Crippen LogP contribution in [0.25, 0.3) is 0 Å². The van der Waals surface area contributed by atoms with Gasteiger partial charge in [0.15, 0.2) is 0 Å². The van der Waals surface area contributed by atoms with Crippen LogP contribution in [0.15, 0.2) is 0 Å². The minimum Gasteiger partial charge on any atom is -0.726 e. The smallest absolute Gasteiger partial charge is 0.218 e. The normalized spacial score (nSPS) is 33.2. The lowest BCUT2D eigenvalue weighted by Crippen LogP contribution is -2.49. The Labute approximate surface area is 549 Å². The summed E-state index contributed by atoms with van der Waals surface area (Å²) >= 11 is 0. The molecular formula is C48H92O44S4-4. The van der Waals surface area contributed by atoms with Crippen LogP contribution in [0.1, 0.15) is 51.4 Å². The highest BCUT2D eigenvalue weighted by Gasteiger charge is 2.51. The van der Waals surface area contributed by atoms with Crippen molar-refractivity contribution in [3.8, 4) is 0 Å². The Morgan fingerprint density at radius 1 is 0.292 bits per heavy atom. The van der Waals surface area contributed by atoms with E-state index < -0.39 is 301 Å². The third kappa shape index (κ3) is 29.2. The van der Waals surface area contributed by atoms with E-state index in [-0.39, 0.29) is 38.5 Å². The summed E-state index contributed by atoms with van der Waals surface area (Å²) < 4.78 is 144. The van der Waals surface area contributed by atoms with E-state index >= 15 is 0 Å². The second kappa shape index (κ2) is 41.6. The zero-order valence-corrected chi connectivity index (χ0v) is 53.7. The molecule has 0 unspecified atom stereocenters. The van der Waals surface area contributed by atoms with Gasteiger partial charge in [-0.05, 0) is 75.0 Å². The van der Waals surface area contributed by atoms with Crippen LogP contribution in [0.2, 0.25) is 0 Å². The summed E-state index contributed by atoms with van der Waals surface area (Å²) in [5.41, 5.74) is 0. The summed E-state index contributed by atoms with van der Waals surface area (Å²) in [6, 6.07) is 0. The summed E-state index contributed by atoms with van der Waals surface area (Å²) in [5.74, 6) is -7.06. The average Bonchev–Trinajstić information content (AvgIpc) is 1.75. The van der Waals surface area contributed by atoms with Gasteiger partial charge in [-0.3, -0.25) is 16.7 Å². The van der Waals surface area contributed by atoms with Crippen molar-refractivity contribution < 1.29 is 212 Å². The molecule has 4 fully saturated rings. The first-order valence-corrected chi connectivity index (χ1v) is 34.4. The molecule has 4 aliphatic rings. The molecule has 4 aliphatic carbocycles. The van der Waals surface area contributed by atoms with E-state index in [1.807, 2.05) is 0 Å². The summed E-state index contributed by atoms with van der Waals surface area (Å²) in [6.45, 7) is -6.74. The molecule has 96 heavy (non-hydrogen) atoms. The van der Waals surface area contributed by atoms with Crippen molar-refractivity contribution in [3.05, 3.63) is 0 Å². The molecule has 0 aromatic carbocycles. The van der Waals surface area contributed by atoms with E-state index in [9.17, 15) is 154 Å². The van der Waals surface area contributed by atoms with Crippen LogP contribution < -0.4 is 0 Å². The van der Waals surface area contributed by atoms with Crippen LogP contribution in [0, 0.1) is 47.3 Å². The van der Waals surface area contributed by atoms with Crippen molar-refractivity contribution >= 4 is 41.6 Å². The fourth-order valence-electron chi connectivity index (χ4n) is 12.4. The monoisotopic (exact) mass is 1500 g/mol. The Kier molecular flexibility index (Phi) is 40.0. The first kappa shape index (κ1) is 92.4. The van der Waals surface area contributed by atoms with Crippen LogP contribution in [-0.2, 0) is 58.3 Å². The first-order chi connectivity index (χ1) is 44.0. The highest BCUT2D eigenvalue weighted by molar-refractivity contribution is 7.81. The van der Waals surface area contributed by atoms with E-state index in [0.717, 1.165) is 0 Å². The molecule has 28 N–H and O–H groups in total. The fraction of sp³-hybridized carbons (Fsp3) is 1.00. The first-order valence-electron chi connectivity index (χ1n) is 29.1. The highest BCUT2D eigenvalue weighted by Crippen LogP contribution is 2.42. The molecule has 0 aliphatic heterocycles. The second-order valence-electron chi connectivity index (χ2n) is 23.6. The molecule has 0 spiro atoms. The minimum atomic E-state index is -5.40. The predicted octanol–water partition coefficient (Wildman–Crippen LogP) is -17.4. The molecule has 4 rings (SSSR count). The quantitative estimate of drug-likeness (QED) is 0.0205. The molecule has 0 radical (unpaired) electrons.